The standard InChI is InChI=1S/C14H13N3OS2/c15-14-17-11(9-19-14)12-8-16-13(20-12)6-7-18-10-4-2-1-3-5-10/h1-5,8-9H,6-7H2,(H2,15,17). The average molecular weight is 303 g/mol. The van der Waals surface area contributed by atoms with Crippen LogP contribution in [0, 0.1) is 0 Å². The molecule has 0 saturated carbocycles. The number of anilines is 1. The lowest BCUT2D eigenvalue weighted by atomic mass is 10.3. The lowest BCUT2D eigenvalue weighted by molar-refractivity contribution is 0.322. The van der Waals surface area contributed by atoms with Crippen LogP contribution in [0.15, 0.2) is 41.9 Å². The first kappa shape index (κ1) is 13.1. The van der Waals surface area contributed by atoms with E-state index in [1.165, 1.54) is 11.3 Å². The predicted octanol–water partition coefficient (Wildman–Crippen LogP) is 3.47. The molecule has 0 spiro atoms. The van der Waals surface area contributed by atoms with Crippen LogP contribution >= 0.6 is 22.7 Å². The zero-order chi connectivity index (χ0) is 13.8. The normalized spacial score (nSPS) is 10.6. The Morgan fingerprint density at radius 3 is 2.80 bits per heavy atom. The lowest BCUT2D eigenvalue weighted by Crippen LogP contribution is -2.00. The summed E-state index contributed by atoms with van der Waals surface area (Å²) in [7, 11) is 0. The first-order valence-electron chi connectivity index (χ1n) is 6.15. The van der Waals surface area contributed by atoms with Crippen molar-refractivity contribution < 1.29 is 4.74 Å². The summed E-state index contributed by atoms with van der Waals surface area (Å²) >= 11 is 3.08. The van der Waals surface area contributed by atoms with E-state index in [0.717, 1.165) is 27.7 Å². The van der Waals surface area contributed by atoms with Crippen molar-refractivity contribution in [3.8, 4) is 16.3 Å². The van der Waals surface area contributed by atoms with Crippen molar-refractivity contribution in [1.82, 2.24) is 9.97 Å². The van der Waals surface area contributed by atoms with Crippen molar-refractivity contribution in [2.75, 3.05) is 12.3 Å². The van der Waals surface area contributed by atoms with Gasteiger partial charge in [0.1, 0.15) is 5.75 Å². The fraction of sp³-hybridized carbons (Fsp3) is 0.143. The van der Waals surface area contributed by atoms with Gasteiger partial charge in [-0.2, -0.15) is 0 Å². The van der Waals surface area contributed by atoms with Gasteiger partial charge >= 0.3 is 0 Å². The molecule has 2 aromatic heterocycles. The smallest absolute Gasteiger partial charge is 0.180 e. The van der Waals surface area contributed by atoms with E-state index in [-0.39, 0.29) is 0 Å². The molecule has 0 saturated heterocycles. The summed E-state index contributed by atoms with van der Waals surface area (Å²) in [6.45, 7) is 0.621. The van der Waals surface area contributed by atoms with Crippen LogP contribution in [0.5, 0.6) is 5.75 Å². The summed E-state index contributed by atoms with van der Waals surface area (Å²) in [5.41, 5.74) is 6.54. The van der Waals surface area contributed by atoms with Crippen LogP contribution in [-0.2, 0) is 6.42 Å². The Balaban J connectivity index is 1.58. The van der Waals surface area contributed by atoms with Crippen LogP contribution < -0.4 is 10.5 Å². The second-order valence-corrected chi connectivity index (χ2v) is 6.11. The fourth-order valence-corrected chi connectivity index (χ4v) is 3.21. The molecule has 0 aliphatic carbocycles. The maximum absolute atomic E-state index is 5.66. The number of hydrogen-bond donors (Lipinski definition) is 1. The molecule has 4 nitrogen and oxygen atoms in total. The maximum atomic E-state index is 5.66. The Kier molecular flexibility index (Phi) is 3.94. The largest absolute Gasteiger partial charge is 0.493 e. The van der Waals surface area contributed by atoms with E-state index in [0.29, 0.717) is 11.7 Å². The van der Waals surface area contributed by atoms with Crippen molar-refractivity contribution in [2.45, 2.75) is 6.42 Å². The van der Waals surface area contributed by atoms with Crippen molar-refractivity contribution in [3.63, 3.8) is 0 Å². The summed E-state index contributed by atoms with van der Waals surface area (Å²) in [5.74, 6) is 0.886. The van der Waals surface area contributed by atoms with E-state index in [9.17, 15) is 0 Å². The molecule has 1 aromatic carbocycles. The molecule has 0 aliphatic heterocycles. The first-order valence-corrected chi connectivity index (χ1v) is 7.85. The molecule has 0 unspecified atom stereocenters. The molecular formula is C14H13N3OS2. The highest BCUT2D eigenvalue weighted by Crippen LogP contribution is 2.28. The van der Waals surface area contributed by atoms with Crippen LogP contribution in [0.3, 0.4) is 0 Å². The molecule has 0 fully saturated rings. The molecule has 0 radical (unpaired) electrons. The third kappa shape index (κ3) is 3.15. The highest BCUT2D eigenvalue weighted by molar-refractivity contribution is 7.16. The Labute approximate surface area is 124 Å². The second kappa shape index (κ2) is 6.02. The quantitative estimate of drug-likeness (QED) is 0.784. The van der Waals surface area contributed by atoms with Gasteiger partial charge in [-0.1, -0.05) is 18.2 Å². The Bertz CT molecular complexity index is 679. The second-order valence-electron chi connectivity index (χ2n) is 4.10. The lowest BCUT2D eigenvalue weighted by Gasteiger charge is -2.03. The van der Waals surface area contributed by atoms with Crippen molar-refractivity contribution in [3.05, 3.63) is 46.9 Å². The topological polar surface area (TPSA) is 61.0 Å². The van der Waals surface area contributed by atoms with E-state index in [2.05, 4.69) is 9.97 Å². The van der Waals surface area contributed by atoms with E-state index in [4.69, 9.17) is 10.5 Å². The Morgan fingerprint density at radius 2 is 2.05 bits per heavy atom. The minimum Gasteiger partial charge on any atom is -0.493 e. The maximum Gasteiger partial charge on any atom is 0.180 e. The number of aromatic nitrogens is 2. The number of hydrogen-bond acceptors (Lipinski definition) is 6. The van der Waals surface area contributed by atoms with Gasteiger partial charge in [-0.05, 0) is 12.1 Å². The van der Waals surface area contributed by atoms with Gasteiger partial charge < -0.3 is 10.5 Å². The summed E-state index contributed by atoms with van der Waals surface area (Å²) in [5, 5.41) is 3.58. The molecule has 0 aliphatic rings. The Morgan fingerprint density at radius 1 is 1.20 bits per heavy atom. The number of rotatable bonds is 5. The molecular weight excluding hydrogens is 290 g/mol. The minimum atomic E-state index is 0.586. The molecule has 2 N–H and O–H groups in total. The zero-order valence-corrected chi connectivity index (χ0v) is 12.3. The van der Waals surface area contributed by atoms with Crippen molar-refractivity contribution in [1.29, 1.82) is 0 Å². The molecule has 0 bridgehead atoms. The predicted molar refractivity (Wildman–Crippen MR) is 83.3 cm³/mol. The number of ether oxygens (including phenoxy) is 1. The van der Waals surface area contributed by atoms with Gasteiger partial charge in [0.25, 0.3) is 0 Å². The molecule has 20 heavy (non-hydrogen) atoms. The third-order valence-corrected chi connectivity index (χ3v) is 4.41. The number of thiazole rings is 2. The van der Waals surface area contributed by atoms with Crippen LogP contribution in [0.1, 0.15) is 5.01 Å². The van der Waals surface area contributed by atoms with Crippen LogP contribution in [0.4, 0.5) is 5.13 Å². The van der Waals surface area contributed by atoms with Crippen molar-refractivity contribution in [2.24, 2.45) is 0 Å². The molecule has 0 atom stereocenters. The number of para-hydroxylation sites is 1. The van der Waals surface area contributed by atoms with Gasteiger partial charge in [-0.15, -0.1) is 22.7 Å². The van der Waals surface area contributed by atoms with E-state index < -0.39 is 0 Å². The van der Waals surface area contributed by atoms with Crippen LogP contribution in [-0.4, -0.2) is 16.6 Å². The van der Waals surface area contributed by atoms with Gasteiger partial charge in [0.05, 0.1) is 22.2 Å². The van der Waals surface area contributed by atoms with E-state index in [1.807, 2.05) is 41.9 Å². The Hall–Kier alpha value is -1.92. The fourth-order valence-electron chi connectivity index (χ4n) is 1.72. The van der Waals surface area contributed by atoms with Gasteiger partial charge in [-0.3, -0.25) is 0 Å². The number of benzene rings is 1. The van der Waals surface area contributed by atoms with Gasteiger partial charge in [0.2, 0.25) is 0 Å². The van der Waals surface area contributed by atoms with Gasteiger partial charge in [0, 0.05) is 18.0 Å². The monoisotopic (exact) mass is 303 g/mol. The van der Waals surface area contributed by atoms with E-state index >= 15 is 0 Å². The SMILES string of the molecule is Nc1nc(-c2cnc(CCOc3ccccc3)s2)cs1. The molecule has 3 aromatic rings. The van der Waals surface area contributed by atoms with Crippen LogP contribution in [0.25, 0.3) is 10.6 Å². The number of nitrogen functional groups attached to an aromatic ring is 1. The summed E-state index contributed by atoms with van der Waals surface area (Å²) < 4.78 is 5.66. The molecule has 6 heteroatoms. The third-order valence-electron chi connectivity index (χ3n) is 2.66. The molecule has 2 heterocycles. The van der Waals surface area contributed by atoms with Crippen molar-refractivity contribution >= 4 is 27.8 Å². The van der Waals surface area contributed by atoms with Crippen LogP contribution in [0.2, 0.25) is 0 Å². The van der Waals surface area contributed by atoms with Gasteiger partial charge in [-0.25, -0.2) is 9.97 Å². The van der Waals surface area contributed by atoms with Gasteiger partial charge in [0.15, 0.2) is 5.13 Å². The zero-order valence-electron chi connectivity index (χ0n) is 10.7. The number of nitrogens with zero attached hydrogens (tertiary/aromatic N) is 2. The average Bonchev–Trinajstić information content (AvgIpc) is 3.09. The summed E-state index contributed by atoms with van der Waals surface area (Å²) in [4.78, 5) is 9.70. The highest BCUT2D eigenvalue weighted by Gasteiger charge is 2.07. The number of nitrogens with two attached hydrogens (primary N) is 1. The minimum absolute atomic E-state index is 0.586. The first-order chi connectivity index (χ1) is 9.81. The van der Waals surface area contributed by atoms with E-state index in [1.54, 1.807) is 11.3 Å². The summed E-state index contributed by atoms with van der Waals surface area (Å²) in [6, 6.07) is 9.79. The summed E-state index contributed by atoms with van der Waals surface area (Å²) in [6.07, 6.45) is 2.64. The molecule has 102 valence electrons. The molecule has 0 amide bonds. The molecule has 3 rings (SSSR count). The highest BCUT2D eigenvalue weighted by atomic mass is 32.1.